The Balaban J connectivity index is -0.00000000667. The molecular weight excluding hydrogens is 86.0 g/mol. The van der Waals surface area contributed by atoms with Crippen LogP contribution in [0.2, 0.25) is 0 Å². The van der Waals surface area contributed by atoms with Gasteiger partial charge in [-0.1, -0.05) is 0 Å². The minimum atomic E-state index is 0. The molecule has 4 heteroatoms. The molecule has 0 atom stereocenters. The van der Waals surface area contributed by atoms with Gasteiger partial charge in [0.05, 0.1) is 0 Å². The van der Waals surface area contributed by atoms with E-state index in [9.17, 15) is 0 Å². The summed E-state index contributed by atoms with van der Waals surface area (Å²) in [4.78, 5) is 8.81. The van der Waals surface area contributed by atoms with Crippen LogP contribution in [0.25, 0.3) is 0 Å². The van der Waals surface area contributed by atoms with Gasteiger partial charge in [0, 0.05) is 0 Å². The molecular formula is C2H11NO3. The van der Waals surface area contributed by atoms with Crippen molar-refractivity contribution in [1.82, 2.24) is 6.15 Å². The third-order valence-electron chi connectivity index (χ3n) is 0. The fourth-order valence-corrected chi connectivity index (χ4v) is 0. The van der Waals surface area contributed by atoms with Crippen LogP contribution in [0.4, 0.5) is 0 Å². The summed E-state index contributed by atoms with van der Waals surface area (Å²) in [5.41, 5.74) is 0. The summed E-state index contributed by atoms with van der Waals surface area (Å²) in [5, 5.41) is 0. The summed E-state index contributed by atoms with van der Waals surface area (Å²) in [6.45, 7) is 1.44. The largest absolute Gasteiger partial charge is 0.412 e. The van der Waals surface area contributed by atoms with Gasteiger partial charge in [-0.25, -0.2) is 0 Å². The molecule has 0 spiro atoms. The first kappa shape index (κ1) is 47.8. The van der Waals surface area contributed by atoms with Crippen molar-refractivity contribution in [2.75, 3.05) is 0 Å². The quantitative estimate of drug-likeness (QED) is 0.379. The monoisotopic (exact) mass is 97.1 g/mol. The van der Waals surface area contributed by atoms with Crippen LogP contribution >= 0.6 is 0 Å². The highest BCUT2D eigenvalue weighted by atomic mass is 16.1. The van der Waals surface area contributed by atoms with E-state index in [-0.39, 0.29) is 17.1 Å². The van der Waals surface area contributed by atoms with Crippen molar-refractivity contribution in [3.8, 4) is 0 Å². The van der Waals surface area contributed by atoms with Crippen LogP contribution in [-0.2, 0) is 4.79 Å². The molecule has 0 amide bonds. The lowest BCUT2D eigenvalue weighted by atomic mass is 11.0. The average molecular weight is 97.1 g/mol. The molecule has 0 heterocycles. The van der Waals surface area contributed by atoms with Crippen LogP contribution in [0.15, 0.2) is 0 Å². The molecule has 0 aromatic carbocycles. The zero-order valence-corrected chi connectivity index (χ0v) is 3.69. The number of hydrogen-bond acceptors (Lipinski definition) is 2. The Morgan fingerprint density at radius 2 is 1.33 bits per heavy atom. The molecule has 0 aliphatic heterocycles. The molecule has 0 saturated carbocycles. The predicted octanol–water partition coefficient (Wildman–Crippen LogP) is -1.28. The number of aldehydes is 1. The van der Waals surface area contributed by atoms with E-state index < -0.39 is 0 Å². The van der Waals surface area contributed by atoms with Crippen molar-refractivity contribution < 1.29 is 15.7 Å². The van der Waals surface area contributed by atoms with Crippen molar-refractivity contribution in [1.29, 1.82) is 0 Å². The second-order valence-corrected chi connectivity index (χ2v) is 0.236. The second kappa shape index (κ2) is 190. The zero-order chi connectivity index (χ0) is 2.71. The first-order valence-electron chi connectivity index (χ1n) is 0.813. The lowest BCUT2D eigenvalue weighted by molar-refractivity contribution is -0.106. The third-order valence-corrected chi connectivity index (χ3v) is 0. The van der Waals surface area contributed by atoms with Crippen LogP contribution in [0.1, 0.15) is 6.92 Å². The van der Waals surface area contributed by atoms with E-state index in [4.69, 9.17) is 4.79 Å². The van der Waals surface area contributed by atoms with Gasteiger partial charge in [0.15, 0.2) is 0 Å². The van der Waals surface area contributed by atoms with Crippen molar-refractivity contribution in [3.63, 3.8) is 0 Å². The molecule has 7 N–H and O–H groups in total. The van der Waals surface area contributed by atoms with E-state index in [0.29, 0.717) is 0 Å². The van der Waals surface area contributed by atoms with Gasteiger partial charge in [-0.05, 0) is 6.92 Å². The standard InChI is InChI=1S/C2H4O.H3N.2H2O/c1-2-3;;;/h2H,1H3;1H3;2*1H2. The van der Waals surface area contributed by atoms with Crippen LogP contribution in [0, 0.1) is 0 Å². The van der Waals surface area contributed by atoms with Gasteiger partial charge in [-0.15, -0.1) is 0 Å². The normalized spacial score (nSPS) is 2.17. The Bertz CT molecular complexity index is 16.3. The predicted molar refractivity (Wildman–Crippen MR) is 24.0 cm³/mol. The molecule has 0 aliphatic rings. The van der Waals surface area contributed by atoms with E-state index in [1.54, 1.807) is 0 Å². The molecule has 0 bridgehead atoms. The summed E-state index contributed by atoms with van der Waals surface area (Å²) in [6.07, 6.45) is 0.750. The third kappa shape index (κ3) is 114. The summed E-state index contributed by atoms with van der Waals surface area (Å²) >= 11 is 0. The van der Waals surface area contributed by atoms with E-state index >= 15 is 0 Å². The van der Waals surface area contributed by atoms with Gasteiger partial charge in [0.1, 0.15) is 6.29 Å². The van der Waals surface area contributed by atoms with Crippen LogP contribution < -0.4 is 6.15 Å². The number of hydrogen-bond donors (Lipinski definition) is 1. The molecule has 0 unspecified atom stereocenters. The number of carbonyl (C=O) groups is 1. The molecule has 0 rings (SSSR count). The van der Waals surface area contributed by atoms with Crippen LogP contribution in [-0.4, -0.2) is 17.2 Å². The van der Waals surface area contributed by atoms with Gasteiger partial charge in [0.2, 0.25) is 0 Å². The van der Waals surface area contributed by atoms with Crippen molar-refractivity contribution in [3.05, 3.63) is 0 Å². The van der Waals surface area contributed by atoms with Crippen molar-refractivity contribution in [2.45, 2.75) is 6.92 Å². The summed E-state index contributed by atoms with van der Waals surface area (Å²) in [6, 6.07) is 0. The molecule has 0 aromatic rings. The average Bonchev–Trinajstić information content (AvgIpc) is 0.918. The van der Waals surface area contributed by atoms with Gasteiger partial charge in [0.25, 0.3) is 0 Å². The molecule has 0 aliphatic carbocycles. The number of rotatable bonds is 0. The van der Waals surface area contributed by atoms with Gasteiger partial charge in [-0.2, -0.15) is 0 Å². The van der Waals surface area contributed by atoms with Gasteiger partial charge in [-0.3, -0.25) is 0 Å². The Labute approximate surface area is 36.4 Å². The molecule has 0 aromatic heterocycles. The van der Waals surface area contributed by atoms with Gasteiger partial charge >= 0.3 is 0 Å². The first-order valence-corrected chi connectivity index (χ1v) is 0.813. The Hall–Kier alpha value is -0.450. The Morgan fingerprint density at radius 3 is 1.33 bits per heavy atom. The molecule has 6 heavy (non-hydrogen) atoms. The lowest BCUT2D eigenvalue weighted by Crippen LogP contribution is -1.36. The zero-order valence-electron chi connectivity index (χ0n) is 3.69. The number of carbonyl (C=O) groups excluding carboxylic acids is 1. The highest BCUT2D eigenvalue weighted by molar-refractivity contribution is 5.44. The smallest absolute Gasteiger partial charge is 0.116 e. The second-order valence-electron chi connectivity index (χ2n) is 0.236. The molecule has 0 fully saturated rings. The highest BCUT2D eigenvalue weighted by Crippen LogP contribution is 1.13. The summed E-state index contributed by atoms with van der Waals surface area (Å²) in [5.74, 6) is 0. The summed E-state index contributed by atoms with van der Waals surface area (Å²) < 4.78 is 0. The van der Waals surface area contributed by atoms with E-state index in [1.165, 1.54) is 6.92 Å². The molecule has 4 nitrogen and oxygen atoms in total. The maximum Gasteiger partial charge on any atom is 0.116 e. The summed E-state index contributed by atoms with van der Waals surface area (Å²) in [7, 11) is 0. The fraction of sp³-hybridized carbons (Fsp3) is 0.500. The van der Waals surface area contributed by atoms with Crippen molar-refractivity contribution >= 4 is 6.29 Å². The molecule has 42 valence electrons. The molecule has 0 radical (unpaired) electrons. The Kier molecular flexibility index (Phi) is 1510. The van der Waals surface area contributed by atoms with Gasteiger partial charge < -0.3 is 21.9 Å². The maximum atomic E-state index is 8.81. The first-order chi connectivity index (χ1) is 1.41. The topological polar surface area (TPSA) is 115 Å². The lowest BCUT2D eigenvalue weighted by Gasteiger charge is -1.23. The SMILES string of the molecule is CC=O.N.O.O. The minimum Gasteiger partial charge on any atom is -0.412 e. The minimum absolute atomic E-state index is 0. The maximum absolute atomic E-state index is 8.81. The molecule has 0 saturated heterocycles. The van der Waals surface area contributed by atoms with Crippen LogP contribution in [0.5, 0.6) is 0 Å². The van der Waals surface area contributed by atoms with Crippen LogP contribution in [0.3, 0.4) is 0 Å². The van der Waals surface area contributed by atoms with E-state index in [0.717, 1.165) is 6.29 Å². The van der Waals surface area contributed by atoms with E-state index in [2.05, 4.69) is 0 Å². The highest BCUT2D eigenvalue weighted by Gasteiger charge is 1.24. The Morgan fingerprint density at radius 1 is 1.33 bits per heavy atom. The fourth-order valence-electron chi connectivity index (χ4n) is 0. The van der Waals surface area contributed by atoms with Crippen molar-refractivity contribution in [2.24, 2.45) is 0 Å². The van der Waals surface area contributed by atoms with E-state index in [1.807, 2.05) is 0 Å².